The Kier molecular flexibility index (Phi) is 5.36. The SMILES string of the molecule is CC(C)C(=O)Nc1ccc(NC(C)c2nc(C(C)C)no2)cc1. The first-order valence-electron chi connectivity index (χ1n) is 7.87. The van der Waals surface area contributed by atoms with Gasteiger partial charge in [0.1, 0.15) is 6.04 Å². The molecule has 0 radical (unpaired) electrons. The van der Waals surface area contributed by atoms with E-state index in [1.54, 1.807) is 0 Å². The predicted molar refractivity (Wildman–Crippen MR) is 90.3 cm³/mol. The fourth-order valence-corrected chi connectivity index (χ4v) is 1.91. The highest BCUT2D eigenvalue weighted by molar-refractivity contribution is 5.92. The Balaban J connectivity index is 1.98. The van der Waals surface area contributed by atoms with Gasteiger partial charge in [-0.15, -0.1) is 0 Å². The van der Waals surface area contributed by atoms with E-state index in [4.69, 9.17) is 4.52 Å². The Morgan fingerprint density at radius 3 is 2.17 bits per heavy atom. The largest absolute Gasteiger partial charge is 0.374 e. The Bertz CT molecular complexity index is 647. The van der Waals surface area contributed by atoms with Crippen molar-refractivity contribution in [3.63, 3.8) is 0 Å². The van der Waals surface area contributed by atoms with Crippen LogP contribution in [0.2, 0.25) is 0 Å². The van der Waals surface area contributed by atoms with Gasteiger partial charge in [-0.2, -0.15) is 4.98 Å². The van der Waals surface area contributed by atoms with Crippen LogP contribution in [0.1, 0.15) is 58.3 Å². The predicted octanol–water partition coefficient (Wildman–Crippen LogP) is 3.96. The normalized spacial score (nSPS) is 12.5. The van der Waals surface area contributed by atoms with Crippen LogP contribution in [0.25, 0.3) is 0 Å². The summed E-state index contributed by atoms with van der Waals surface area (Å²) in [4.78, 5) is 16.0. The number of hydrogen-bond acceptors (Lipinski definition) is 5. The van der Waals surface area contributed by atoms with Gasteiger partial charge >= 0.3 is 0 Å². The molecule has 1 amide bonds. The van der Waals surface area contributed by atoms with E-state index in [0.29, 0.717) is 11.7 Å². The van der Waals surface area contributed by atoms with Crippen LogP contribution in [-0.2, 0) is 4.79 Å². The molecular weight excluding hydrogens is 292 g/mol. The summed E-state index contributed by atoms with van der Waals surface area (Å²) in [5.74, 6) is 1.47. The summed E-state index contributed by atoms with van der Waals surface area (Å²) in [6, 6.07) is 7.45. The molecule has 0 aliphatic carbocycles. The number of amides is 1. The Labute approximate surface area is 136 Å². The van der Waals surface area contributed by atoms with Crippen molar-refractivity contribution in [2.75, 3.05) is 10.6 Å². The highest BCUT2D eigenvalue weighted by Crippen LogP contribution is 2.21. The van der Waals surface area contributed by atoms with Crippen LogP contribution in [0.3, 0.4) is 0 Å². The zero-order valence-electron chi connectivity index (χ0n) is 14.3. The molecule has 0 spiro atoms. The number of nitrogens with zero attached hydrogens (tertiary/aromatic N) is 2. The molecule has 2 aromatic rings. The lowest BCUT2D eigenvalue weighted by Crippen LogP contribution is -2.17. The van der Waals surface area contributed by atoms with E-state index in [0.717, 1.165) is 11.4 Å². The van der Waals surface area contributed by atoms with Gasteiger partial charge in [-0.1, -0.05) is 32.9 Å². The van der Waals surface area contributed by atoms with Gasteiger partial charge in [0, 0.05) is 23.2 Å². The average Bonchev–Trinajstić information content (AvgIpc) is 2.99. The number of nitrogens with one attached hydrogen (secondary N) is 2. The number of carbonyl (C=O) groups excluding carboxylic acids is 1. The van der Waals surface area contributed by atoms with Gasteiger partial charge in [-0.3, -0.25) is 4.79 Å². The zero-order chi connectivity index (χ0) is 17.0. The lowest BCUT2D eigenvalue weighted by molar-refractivity contribution is -0.118. The molecule has 2 N–H and O–H groups in total. The fourth-order valence-electron chi connectivity index (χ4n) is 1.91. The van der Waals surface area contributed by atoms with Crippen LogP contribution >= 0.6 is 0 Å². The van der Waals surface area contributed by atoms with Gasteiger partial charge in [0.25, 0.3) is 0 Å². The quantitative estimate of drug-likeness (QED) is 0.843. The first-order valence-corrected chi connectivity index (χ1v) is 7.87. The molecule has 1 atom stereocenters. The van der Waals surface area contributed by atoms with Crippen LogP contribution in [0.5, 0.6) is 0 Å². The van der Waals surface area contributed by atoms with Gasteiger partial charge < -0.3 is 15.2 Å². The van der Waals surface area contributed by atoms with Crippen LogP contribution in [-0.4, -0.2) is 16.0 Å². The van der Waals surface area contributed by atoms with E-state index in [2.05, 4.69) is 20.8 Å². The number of carbonyl (C=O) groups is 1. The third-order valence-corrected chi connectivity index (χ3v) is 3.40. The molecule has 6 nitrogen and oxygen atoms in total. The maximum Gasteiger partial charge on any atom is 0.248 e. The van der Waals surface area contributed by atoms with Crippen LogP contribution in [0.4, 0.5) is 11.4 Å². The molecule has 0 aliphatic heterocycles. The summed E-state index contributed by atoms with van der Waals surface area (Å²) in [5, 5.41) is 10.1. The summed E-state index contributed by atoms with van der Waals surface area (Å²) in [7, 11) is 0. The van der Waals surface area contributed by atoms with Crippen molar-refractivity contribution >= 4 is 17.3 Å². The molecule has 1 unspecified atom stereocenters. The van der Waals surface area contributed by atoms with E-state index in [-0.39, 0.29) is 23.8 Å². The molecule has 23 heavy (non-hydrogen) atoms. The molecule has 0 bridgehead atoms. The van der Waals surface area contributed by atoms with Crippen molar-refractivity contribution in [3.05, 3.63) is 36.0 Å². The molecule has 2 rings (SSSR count). The molecule has 0 saturated heterocycles. The highest BCUT2D eigenvalue weighted by atomic mass is 16.5. The minimum absolute atomic E-state index is 0.00570. The number of benzene rings is 1. The van der Waals surface area contributed by atoms with E-state index in [1.165, 1.54) is 0 Å². The second-order valence-electron chi connectivity index (χ2n) is 6.23. The first-order chi connectivity index (χ1) is 10.9. The maximum atomic E-state index is 11.7. The van der Waals surface area contributed by atoms with Gasteiger partial charge in [-0.05, 0) is 31.2 Å². The van der Waals surface area contributed by atoms with Crippen molar-refractivity contribution in [1.82, 2.24) is 10.1 Å². The first kappa shape index (κ1) is 17.0. The van der Waals surface area contributed by atoms with Crippen LogP contribution in [0.15, 0.2) is 28.8 Å². The number of anilines is 2. The Morgan fingerprint density at radius 2 is 1.65 bits per heavy atom. The highest BCUT2D eigenvalue weighted by Gasteiger charge is 2.15. The maximum absolute atomic E-state index is 11.7. The Morgan fingerprint density at radius 1 is 1.04 bits per heavy atom. The Hall–Kier alpha value is -2.37. The van der Waals surface area contributed by atoms with Crippen molar-refractivity contribution in [2.45, 2.75) is 46.6 Å². The molecule has 124 valence electrons. The molecule has 0 aliphatic rings. The average molecular weight is 316 g/mol. The van der Waals surface area contributed by atoms with Crippen molar-refractivity contribution in [1.29, 1.82) is 0 Å². The van der Waals surface area contributed by atoms with Crippen molar-refractivity contribution in [3.8, 4) is 0 Å². The van der Waals surface area contributed by atoms with Gasteiger partial charge in [0.2, 0.25) is 11.8 Å². The van der Waals surface area contributed by atoms with Gasteiger partial charge in [0.15, 0.2) is 5.82 Å². The lowest BCUT2D eigenvalue weighted by Gasteiger charge is -2.12. The monoisotopic (exact) mass is 316 g/mol. The summed E-state index contributed by atoms with van der Waals surface area (Å²) in [5.41, 5.74) is 1.70. The van der Waals surface area contributed by atoms with E-state index in [9.17, 15) is 4.79 Å². The number of aromatic nitrogens is 2. The summed E-state index contributed by atoms with van der Waals surface area (Å²) >= 11 is 0. The summed E-state index contributed by atoms with van der Waals surface area (Å²) in [6.07, 6.45) is 0. The third-order valence-electron chi connectivity index (χ3n) is 3.40. The van der Waals surface area contributed by atoms with E-state index in [1.807, 2.05) is 58.9 Å². The van der Waals surface area contributed by atoms with Crippen LogP contribution in [0, 0.1) is 5.92 Å². The second kappa shape index (κ2) is 7.26. The van der Waals surface area contributed by atoms with Crippen molar-refractivity contribution in [2.24, 2.45) is 5.92 Å². The minimum Gasteiger partial charge on any atom is -0.374 e. The number of hydrogen-bond donors (Lipinski definition) is 2. The number of rotatable bonds is 6. The lowest BCUT2D eigenvalue weighted by atomic mass is 10.2. The second-order valence-corrected chi connectivity index (χ2v) is 6.23. The minimum atomic E-state index is -0.0916. The van der Waals surface area contributed by atoms with Gasteiger partial charge in [-0.25, -0.2) is 0 Å². The smallest absolute Gasteiger partial charge is 0.248 e. The summed E-state index contributed by atoms with van der Waals surface area (Å²) < 4.78 is 5.28. The summed E-state index contributed by atoms with van der Waals surface area (Å²) in [6.45, 7) is 9.74. The standard InChI is InChI=1S/C17H24N4O2/c1-10(2)15-20-17(23-21-15)12(5)18-13-6-8-14(9-7-13)19-16(22)11(3)4/h6-12,18H,1-5H3,(H,19,22). The molecular formula is C17H24N4O2. The van der Waals surface area contributed by atoms with Crippen molar-refractivity contribution < 1.29 is 9.32 Å². The topological polar surface area (TPSA) is 80.0 Å². The molecule has 0 fully saturated rings. The van der Waals surface area contributed by atoms with Crippen LogP contribution < -0.4 is 10.6 Å². The van der Waals surface area contributed by atoms with E-state index < -0.39 is 0 Å². The zero-order valence-corrected chi connectivity index (χ0v) is 14.3. The molecule has 1 aromatic heterocycles. The molecule has 1 heterocycles. The third kappa shape index (κ3) is 4.55. The van der Waals surface area contributed by atoms with Gasteiger partial charge in [0.05, 0.1) is 0 Å². The molecule has 6 heteroatoms. The molecule has 1 aromatic carbocycles. The fraction of sp³-hybridized carbons (Fsp3) is 0.471. The molecule has 0 saturated carbocycles. The van der Waals surface area contributed by atoms with E-state index >= 15 is 0 Å².